The van der Waals surface area contributed by atoms with Crippen LogP contribution in [-0.2, 0) is 13.0 Å². The Balaban J connectivity index is 2.33. The van der Waals surface area contributed by atoms with Gasteiger partial charge in [0, 0.05) is 13.0 Å². The van der Waals surface area contributed by atoms with Gasteiger partial charge in [0.25, 0.3) is 0 Å². The van der Waals surface area contributed by atoms with Gasteiger partial charge < -0.3 is 5.32 Å². The van der Waals surface area contributed by atoms with Gasteiger partial charge in [-0.2, -0.15) is 5.10 Å². The predicted octanol–water partition coefficient (Wildman–Crippen LogP) is 2.18. The molecule has 0 amide bonds. The Kier molecular flexibility index (Phi) is 6.55. The van der Waals surface area contributed by atoms with E-state index in [1.165, 1.54) is 12.0 Å². The van der Waals surface area contributed by atoms with Crippen molar-refractivity contribution in [2.45, 2.75) is 46.6 Å². The van der Waals surface area contributed by atoms with Crippen LogP contribution in [0.25, 0.3) is 0 Å². The predicted molar refractivity (Wildman–Crippen MR) is 70.9 cm³/mol. The van der Waals surface area contributed by atoms with Gasteiger partial charge in [0.2, 0.25) is 0 Å². The highest BCUT2D eigenvalue weighted by molar-refractivity contribution is 5.06. The summed E-state index contributed by atoms with van der Waals surface area (Å²) in [5.41, 5.74) is 1.37. The van der Waals surface area contributed by atoms with Crippen LogP contribution in [0.2, 0.25) is 0 Å². The second-order valence-electron chi connectivity index (χ2n) is 4.26. The number of hydrogen-bond donors (Lipinski definition) is 1. The lowest BCUT2D eigenvalue weighted by atomic mass is 10.1. The largest absolute Gasteiger partial charge is 0.316 e. The van der Waals surface area contributed by atoms with Gasteiger partial charge in [-0.05, 0) is 39.8 Å². The van der Waals surface area contributed by atoms with Crippen molar-refractivity contribution in [3.8, 4) is 0 Å². The second-order valence-corrected chi connectivity index (χ2v) is 4.26. The first-order chi connectivity index (χ1) is 8.27. The quantitative estimate of drug-likeness (QED) is 0.555. The molecule has 4 heteroatoms. The van der Waals surface area contributed by atoms with Crippen molar-refractivity contribution >= 4 is 0 Å². The van der Waals surface area contributed by atoms with Crippen LogP contribution in [0.5, 0.6) is 0 Å². The minimum Gasteiger partial charge on any atom is -0.316 e. The molecule has 0 unspecified atom stereocenters. The number of allylic oxidation sites excluding steroid dienone is 1. The minimum atomic E-state index is 0.890. The van der Waals surface area contributed by atoms with Gasteiger partial charge in [-0.3, -0.25) is 4.68 Å². The highest BCUT2D eigenvalue weighted by Gasteiger charge is 2.02. The summed E-state index contributed by atoms with van der Waals surface area (Å²) in [6.07, 6.45) is 7.11. The van der Waals surface area contributed by atoms with Gasteiger partial charge in [-0.25, -0.2) is 4.98 Å². The molecule has 1 rings (SSSR count). The molecule has 0 bridgehead atoms. The fourth-order valence-corrected chi connectivity index (χ4v) is 1.73. The summed E-state index contributed by atoms with van der Waals surface area (Å²) >= 11 is 0. The summed E-state index contributed by atoms with van der Waals surface area (Å²) in [6.45, 7) is 9.50. The molecule has 0 aliphatic heterocycles. The van der Waals surface area contributed by atoms with Crippen LogP contribution in [0.4, 0.5) is 0 Å². The third kappa shape index (κ3) is 5.13. The van der Waals surface area contributed by atoms with Gasteiger partial charge in [-0.1, -0.05) is 18.6 Å². The van der Waals surface area contributed by atoms with E-state index < -0.39 is 0 Å². The van der Waals surface area contributed by atoms with Crippen molar-refractivity contribution < 1.29 is 0 Å². The molecule has 0 aliphatic carbocycles. The van der Waals surface area contributed by atoms with E-state index in [2.05, 4.69) is 42.2 Å². The Hall–Kier alpha value is -1.16. The maximum Gasteiger partial charge on any atom is 0.138 e. The number of rotatable bonds is 8. The first-order valence-electron chi connectivity index (χ1n) is 6.51. The second kappa shape index (κ2) is 8.01. The van der Waals surface area contributed by atoms with Gasteiger partial charge in [0.15, 0.2) is 0 Å². The molecule has 1 aromatic heterocycles. The highest BCUT2D eigenvalue weighted by atomic mass is 15.3. The van der Waals surface area contributed by atoms with E-state index in [9.17, 15) is 0 Å². The number of aryl methyl sites for hydroxylation is 1. The fraction of sp³-hybridized carbons (Fsp3) is 0.692. The van der Waals surface area contributed by atoms with Crippen molar-refractivity contribution in [1.29, 1.82) is 0 Å². The van der Waals surface area contributed by atoms with E-state index in [0.717, 1.165) is 38.3 Å². The summed E-state index contributed by atoms with van der Waals surface area (Å²) < 4.78 is 1.95. The summed E-state index contributed by atoms with van der Waals surface area (Å²) in [6, 6.07) is 0. The van der Waals surface area contributed by atoms with Crippen molar-refractivity contribution in [2.75, 3.05) is 13.1 Å². The lowest BCUT2D eigenvalue weighted by Crippen LogP contribution is -2.15. The van der Waals surface area contributed by atoms with E-state index in [1.54, 1.807) is 6.33 Å². The van der Waals surface area contributed by atoms with E-state index >= 15 is 0 Å². The van der Waals surface area contributed by atoms with Crippen LogP contribution in [0.3, 0.4) is 0 Å². The number of aromatic nitrogens is 3. The van der Waals surface area contributed by atoms with Crippen LogP contribution in [0, 0.1) is 0 Å². The van der Waals surface area contributed by atoms with E-state index in [1.807, 2.05) is 4.68 Å². The molecule has 0 spiro atoms. The Morgan fingerprint density at radius 3 is 2.94 bits per heavy atom. The van der Waals surface area contributed by atoms with Crippen LogP contribution in [0.1, 0.15) is 39.4 Å². The number of nitrogens with one attached hydrogen (secondary N) is 1. The summed E-state index contributed by atoms with van der Waals surface area (Å²) in [5.74, 6) is 1.06. The molecule has 0 aliphatic rings. The van der Waals surface area contributed by atoms with Crippen molar-refractivity contribution in [3.05, 3.63) is 23.8 Å². The fourth-order valence-electron chi connectivity index (χ4n) is 1.73. The minimum absolute atomic E-state index is 0.890. The molecular weight excluding hydrogens is 212 g/mol. The van der Waals surface area contributed by atoms with E-state index in [-0.39, 0.29) is 0 Å². The van der Waals surface area contributed by atoms with Crippen LogP contribution < -0.4 is 5.32 Å². The molecule has 0 aromatic carbocycles. The Bertz CT molecular complexity index is 341. The molecule has 96 valence electrons. The third-order valence-corrected chi connectivity index (χ3v) is 2.67. The van der Waals surface area contributed by atoms with E-state index in [4.69, 9.17) is 0 Å². The van der Waals surface area contributed by atoms with Crippen molar-refractivity contribution in [3.63, 3.8) is 0 Å². The standard InChI is InChI=1S/C13H24N4/c1-4-8-14-9-6-7-12(3)10-13-15-11-16-17(13)5-2/h7,11,14H,4-6,8-10H2,1-3H3. The summed E-state index contributed by atoms with van der Waals surface area (Å²) in [5, 5.41) is 7.57. The first kappa shape index (κ1) is 13.9. The lowest BCUT2D eigenvalue weighted by molar-refractivity contribution is 0.622. The first-order valence-corrected chi connectivity index (χ1v) is 6.51. The van der Waals surface area contributed by atoms with Crippen molar-refractivity contribution in [1.82, 2.24) is 20.1 Å². The molecular formula is C13H24N4. The lowest BCUT2D eigenvalue weighted by Gasteiger charge is -2.04. The number of nitrogens with zero attached hydrogens (tertiary/aromatic N) is 3. The van der Waals surface area contributed by atoms with Crippen LogP contribution >= 0.6 is 0 Å². The monoisotopic (exact) mass is 236 g/mol. The summed E-state index contributed by atoms with van der Waals surface area (Å²) in [7, 11) is 0. The molecule has 0 saturated heterocycles. The zero-order chi connectivity index (χ0) is 12.5. The van der Waals surface area contributed by atoms with Gasteiger partial charge >= 0.3 is 0 Å². The van der Waals surface area contributed by atoms with Gasteiger partial charge in [0.05, 0.1) is 0 Å². The molecule has 0 fully saturated rings. The third-order valence-electron chi connectivity index (χ3n) is 2.67. The molecule has 0 radical (unpaired) electrons. The SMILES string of the molecule is CCCNCCC=C(C)Cc1ncnn1CC. The average molecular weight is 236 g/mol. The normalized spacial score (nSPS) is 12.1. The molecule has 1 N–H and O–H groups in total. The molecule has 17 heavy (non-hydrogen) atoms. The van der Waals surface area contributed by atoms with E-state index in [0.29, 0.717) is 0 Å². The average Bonchev–Trinajstić information content (AvgIpc) is 2.76. The Morgan fingerprint density at radius 1 is 1.41 bits per heavy atom. The van der Waals surface area contributed by atoms with Crippen molar-refractivity contribution in [2.24, 2.45) is 0 Å². The molecule has 0 saturated carbocycles. The molecule has 1 aromatic rings. The molecule has 4 nitrogen and oxygen atoms in total. The van der Waals surface area contributed by atoms with Crippen LogP contribution in [-0.4, -0.2) is 27.9 Å². The van der Waals surface area contributed by atoms with Gasteiger partial charge in [0.1, 0.15) is 12.2 Å². The topological polar surface area (TPSA) is 42.7 Å². The maximum atomic E-state index is 4.28. The zero-order valence-electron chi connectivity index (χ0n) is 11.2. The zero-order valence-corrected chi connectivity index (χ0v) is 11.2. The van der Waals surface area contributed by atoms with Gasteiger partial charge in [-0.15, -0.1) is 0 Å². The molecule has 1 heterocycles. The number of hydrogen-bond acceptors (Lipinski definition) is 3. The maximum absolute atomic E-state index is 4.28. The smallest absolute Gasteiger partial charge is 0.138 e. The summed E-state index contributed by atoms with van der Waals surface area (Å²) in [4.78, 5) is 4.28. The van der Waals surface area contributed by atoms with Crippen LogP contribution in [0.15, 0.2) is 18.0 Å². The Labute approximate surface area is 104 Å². The Morgan fingerprint density at radius 2 is 2.24 bits per heavy atom. The molecule has 0 atom stereocenters. The highest BCUT2D eigenvalue weighted by Crippen LogP contribution is 2.05.